The lowest BCUT2D eigenvalue weighted by atomic mass is 9.98. The minimum absolute atomic E-state index is 1.10. The first-order chi connectivity index (χ1) is 26.8. The lowest BCUT2D eigenvalue weighted by molar-refractivity contribution is 1.18. The van der Waals surface area contributed by atoms with E-state index in [2.05, 4.69) is 228 Å². The Morgan fingerprint density at radius 1 is 0.296 bits per heavy atom. The van der Waals surface area contributed by atoms with Gasteiger partial charge < -0.3 is 9.47 Å². The third-order valence-electron chi connectivity index (χ3n) is 10.6. The van der Waals surface area contributed by atoms with E-state index in [1.54, 1.807) is 0 Å². The molecule has 1 heterocycles. The van der Waals surface area contributed by atoms with Crippen molar-refractivity contribution in [1.29, 1.82) is 0 Å². The summed E-state index contributed by atoms with van der Waals surface area (Å²) in [5.74, 6) is 0. The predicted octanol–water partition coefficient (Wildman–Crippen LogP) is 14.4. The van der Waals surface area contributed by atoms with Crippen LogP contribution in [0.4, 0.5) is 17.1 Å². The Balaban J connectivity index is 1.04. The Morgan fingerprint density at radius 3 is 1.46 bits per heavy atom. The molecule has 10 aromatic rings. The molecule has 0 radical (unpaired) electrons. The van der Waals surface area contributed by atoms with E-state index < -0.39 is 0 Å². The van der Waals surface area contributed by atoms with Gasteiger partial charge >= 0.3 is 0 Å². The molecule has 0 unspecified atom stereocenters. The van der Waals surface area contributed by atoms with Crippen LogP contribution in [0.2, 0.25) is 0 Å². The third kappa shape index (κ3) is 5.62. The lowest BCUT2D eigenvalue weighted by Gasteiger charge is -2.26. The fourth-order valence-corrected chi connectivity index (χ4v) is 7.96. The fraction of sp³-hybridized carbons (Fsp3) is 0. The summed E-state index contributed by atoms with van der Waals surface area (Å²) < 4.78 is 2.37. The van der Waals surface area contributed by atoms with Crippen molar-refractivity contribution in [3.05, 3.63) is 218 Å². The quantitative estimate of drug-likeness (QED) is 0.162. The van der Waals surface area contributed by atoms with Crippen LogP contribution < -0.4 is 4.90 Å². The van der Waals surface area contributed by atoms with E-state index in [9.17, 15) is 0 Å². The van der Waals surface area contributed by atoms with Crippen molar-refractivity contribution in [2.75, 3.05) is 4.90 Å². The Labute approximate surface area is 315 Å². The van der Waals surface area contributed by atoms with Crippen LogP contribution in [0.5, 0.6) is 0 Å². The third-order valence-corrected chi connectivity index (χ3v) is 10.6. The number of fused-ring (bicyclic) bond motifs is 4. The van der Waals surface area contributed by atoms with Gasteiger partial charge in [0, 0.05) is 33.5 Å². The van der Waals surface area contributed by atoms with Crippen molar-refractivity contribution < 1.29 is 0 Å². The normalized spacial score (nSPS) is 11.3. The van der Waals surface area contributed by atoms with Gasteiger partial charge in [0.2, 0.25) is 0 Å². The van der Waals surface area contributed by atoms with Crippen LogP contribution in [-0.2, 0) is 0 Å². The van der Waals surface area contributed by atoms with Crippen LogP contribution in [0.15, 0.2) is 218 Å². The van der Waals surface area contributed by atoms with Crippen LogP contribution >= 0.6 is 0 Å². The van der Waals surface area contributed by atoms with Crippen LogP contribution in [0, 0.1) is 0 Å². The number of rotatable bonds is 7. The largest absolute Gasteiger partial charge is 0.311 e. The first kappa shape index (κ1) is 31.6. The molecule has 0 aliphatic carbocycles. The summed E-state index contributed by atoms with van der Waals surface area (Å²) in [5, 5.41) is 5.02. The highest BCUT2D eigenvalue weighted by Crippen LogP contribution is 2.40. The molecular weight excluding hydrogens is 653 g/mol. The second-order valence-corrected chi connectivity index (χ2v) is 13.8. The molecule has 0 fully saturated rings. The van der Waals surface area contributed by atoms with Crippen molar-refractivity contribution in [2.45, 2.75) is 0 Å². The summed E-state index contributed by atoms with van der Waals surface area (Å²) in [5.41, 5.74) is 14.1. The van der Waals surface area contributed by atoms with Gasteiger partial charge in [0.05, 0.1) is 11.0 Å². The van der Waals surface area contributed by atoms with Gasteiger partial charge in [0.1, 0.15) is 0 Å². The molecule has 0 saturated heterocycles. The molecule has 2 heteroatoms. The number of anilines is 3. The molecular formula is C52H36N2. The van der Waals surface area contributed by atoms with Crippen molar-refractivity contribution in [2.24, 2.45) is 0 Å². The van der Waals surface area contributed by atoms with Crippen LogP contribution in [0.25, 0.3) is 71.6 Å². The Kier molecular flexibility index (Phi) is 7.85. The van der Waals surface area contributed by atoms with Gasteiger partial charge in [-0.25, -0.2) is 0 Å². The Bertz CT molecular complexity index is 2880. The molecule has 10 rings (SSSR count). The van der Waals surface area contributed by atoms with Crippen molar-refractivity contribution in [1.82, 2.24) is 4.57 Å². The highest BCUT2D eigenvalue weighted by atomic mass is 15.1. The van der Waals surface area contributed by atoms with E-state index in [1.165, 1.54) is 71.6 Å². The molecule has 0 saturated carbocycles. The maximum absolute atomic E-state index is 2.37. The van der Waals surface area contributed by atoms with Gasteiger partial charge in [-0.15, -0.1) is 0 Å². The standard InChI is InChI=1S/C52H36N2/c1-3-12-37(13-4-1)38-22-29-44(30-23-38)53(46-33-26-41(27-34-46)48-20-11-15-40-14-7-8-18-47(40)48)45-31-24-39(25-32-45)42-28-35-52-50(36-42)49-19-9-10-21-51(49)54(52)43-16-5-2-6-17-43/h1-36H. The zero-order valence-electron chi connectivity index (χ0n) is 29.7. The SMILES string of the molecule is c1ccc(-c2ccc(N(c3ccc(-c4ccc5c(c4)c4ccccc4n5-c4ccccc4)cc3)c3ccc(-c4cccc5ccccc45)cc3)cc2)cc1. The molecule has 0 amide bonds. The average molecular weight is 689 g/mol. The molecule has 9 aromatic carbocycles. The molecule has 0 N–H and O–H groups in total. The Hall–Kier alpha value is -7.16. The number of hydrogen-bond acceptors (Lipinski definition) is 1. The predicted molar refractivity (Wildman–Crippen MR) is 229 cm³/mol. The minimum atomic E-state index is 1.10. The highest BCUT2D eigenvalue weighted by molar-refractivity contribution is 6.10. The second kappa shape index (κ2) is 13.4. The molecule has 0 atom stereocenters. The molecule has 0 aliphatic heterocycles. The van der Waals surface area contributed by atoms with E-state index in [1.807, 2.05) is 0 Å². The van der Waals surface area contributed by atoms with E-state index in [0.717, 1.165) is 17.1 Å². The smallest absolute Gasteiger partial charge is 0.0541 e. The van der Waals surface area contributed by atoms with E-state index in [4.69, 9.17) is 0 Å². The molecule has 254 valence electrons. The maximum atomic E-state index is 2.37. The van der Waals surface area contributed by atoms with Crippen molar-refractivity contribution in [3.63, 3.8) is 0 Å². The number of aromatic nitrogens is 1. The first-order valence-corrected chi connectivity index (χ1v) is 18.5. The molecule has 2 nitrogen and oxygen atoms in total. The van der Waals surface area contributed by atoms with E-state index in [0.29, 0.717) is 0 Å². The molecule has 0 bridgehead atoms. The summed E-state index contributed by atoms with van der Waals surface area (Å²) in [6, 6.07) is 78.8. The summed E-state index contributed by atoms with van der Waals surface area (Å²) in [7, 11) is 0. The number of benzene rings is 9. The van der Waals surface area contributed by atoms with E-state index in [-0.39, 0.29) is 0 Å². The first-order valence-electron chi connectivity index (χ1n) is 18.5. The van der Waals surface area contributed by atoms with Crippen LogP contribution in [0.1, 0.15) is 0 Å². The zero-order valence-corrected chi connectivity index (χ0v) is 29.7. The van der Waals surface area contributed by atoms with Gasteiger partial charge in [-0.1, -0.05) is 152 Å². The summed E-state index contributed by atoms with van der Waals surface area (Å²) in [4.78, 5) is 2.35. The zero-order chi connectivity index (χ0) is 35.8. The summed E-state index contributed by atoms with van der Waals surface area (Å²) >= 11 is 0. The van der Waals surface area contributed by atoms with Gasteiger partial charge in [-0.3, -0.25) is 0 Å². The summed E-state index contributed by atoms with van der Waals surface area (Å²) in [6.45, 7) is 0. The highest BCUT2D eigenvalue weighted by Gasteiger charge is 2.16. The monoisotopic (exact) mass is 688 g/mol. The number of hydrogen-bond donors (Lipinski definition) is 0. The van der Waals surface area contributed by atoms with Crippen molar-refractivity contribution >= 4 is 49.6 Å². The lowest BCUT2D eigenvalue weighted by Crippen LogP contribution is -2.09. The minimum Gasteiger partial charge on any atom is -0.311 e. The second-order valence-electron chi connectivity index (χ2n) is 13.8. The summed E-state index contributed by atoms with van der Waals surface area (Å²) in [6.07, 6.45) is 0. The van der Waals surface area contributed by atoms with Gasteiger partial charge in [0.25, 0.3) is 0 Å². The van der Waals surface area contributed by atoms with Gasteiger partial charge in [-0.2, -0.15) is 0 Å². The van der Waals surface area contributed by atoms with Gasteiger partial charge in [-0.05, 0) is 111 Å². The topological polar surface area (TPSA) is 8.17 Å². The Morgan fingerprint density at radius 2 is 0.778 bits per heavy atom. The van der Waals surface area contributed by atoms with E-state index >= 15 is 0 Å². The van der Waals surface area contributed by atoms with Crippen LogP contribution in [-0.4, -0.2) is 4.57 Å². The molecule has 54 heavy (non-hydrogen) atoms. The maximum Gasteiger partial charge on any atom is 0.0541 e. The molecule has 0 aliphatic rings. The molecule has 1 aromatic heterocycles. The van der Waals surface area contributed by atoms with Crippen molar-refractivity contribution in [3.8, 4) is 39.1 Å². The fourth-order valence-electron chi connectivity index (χ4n) is 7.96. The average Bonchev–Trinajstić information content (AvgIpc) is 3.59. The molecule has 0 spiro atoms. The van der Waals surface area contributed by atoms with Crippen LogP contribution in [0.3, 0.4) is 0 Å². The number of para-hydroxylation sites is 2. The number of nitrogens with zero attached hydrogens (tertiary/aromatic N) is 2. The van der Waals surface area contributed by atoms with Gasteiger partial charge in [0.15, 0.2) is 0 Å².